The van der Waals surface area contributed by atoms with E-state index < -0.39 is 47.2 Å². The fraction of sp³-hybridized carbons (Fsp3) is 0.125. The summed E-state index contributed by atoms with van der Waals surface area (Å²) in [6.07, 6.45) is -6.56. The maximum atomic E-state index is 14.6. The Morgan fingerprint density at radius 1 is 0.943 bits per heavy atom. The Morgan fingerprint density at radius 2 is 1.60 bits per heavy atom. The Hall–Kier alpha value is -4.28. The quantitative estimate of drug-likeness (QED) is 0.513. The molecular weight excluding hydrogens is 471 g/mol. The first-order valence-corrected chi connectivity index (χ1v) is 10.2. The molecule has 35 heavy (non-hydrogen) atoms. The van der Waals surface area contributed by atoms with E-state index in [0.717, 1.165) is 12.1 Å². The fourth-order valence-corrected chi connectivity index (χ4v) is 3.61. The van der Waals surface area contributed by atoms with E-state index in [1.807, 2.05) is 5.32 Å². The molecule has 0 fully saturated rings. The molecule has 3 aromatic carbocycles. The summed E-state index contributed by atoms with van der Waals surface area (Å²) in [6, 6.07) is 13.5. The highest BCUT2D eigenvalue weighted by Crippen LogP contribution is 2.34. The zero-order chi connectivity index (χ0) is 25.3. The lowest BCUT2D eigenvalue weighted by molar-refractivity contribution is -0.139. The summed E-state index contributed by atoms with van der Waals surface area (Å²) in [6.45, 7) is 0. The van der Waals surface area contributed by atoms with Crippen LogP contribution in [0.5, 0.6) is 0 Å². The first kappa shape index (κ1) is 23.9. The fourth-order valence-electron chi connectivity index (χ4n) is 3.61. The minimum absolute atomic E-state index is 0.0687. The Kier molecular flexibility index (Phi) is 6.25. The molecule has 1 unspecified atom stereocenters. The summed E-state index contributed by atoms with van der Waals surface area (Å²) in [5, 5.41) is 4.20. The van der Waals surface area contributed by atoms with Crippen molar-refractivity contribution < 1.29 is 31.5 Å². The van der Waals surface area contributed by atoms with Crippen molar-refractivity contribution in [1.29, 1.82) is 0 Å². The SMILES string of the molecule is CN1C(=O)C(NC(=O)Nc2cccc(C(F)(F)F)c2F)N=C(c2ccccc2F)c2ccccc21. The molecule has 0 aromatic heterocycles. The molecule has 1 aliphatic heterocycles. The maximum absolute atomic E-state index is 14.6. The molecule has 0 bridgehead atoms. The highest BCUT2D eigenvalue weighted by molar-refractivity contribution is 6.20. The van der Waals surface area contributed by atoms with Crippen LogP contribution < -0.4 is 15.5 Å². The van der Waals surface area contributed by atoms with Crippen molar-refractivity contribution >= 4 is 29.0 Å². The average Bonchev–Trinajstić information content (AvgIpc) is 2.91. The van der Waals surface area contributed by atoms with E-state index in [9.17, 15) is 31.5 Å². The molecule has 11 heteroatoms. The predicted octanol–water partition coefficient (Wildman–Crippen LogP) is 4.95. The third kappa shape index (κ3) is 4.70. The van der Waals surface area contributed by atoms with Gasteiger partial charge in [0.1, 0.15) is 5.82 Å². The number of alkyl halides is 3. The summed E-state index contributed by atoms with van der Waals surface area (Å²) in [5.41, 5.74) is -1.34. The van der Waals surface area contributed by atoms with Crippen molar-refractivity contribution in [3.8, 4) is 0 Å². The molecule has 3 amide bonds. The second-order valence-electron chi connectivity index (χ2n) is 7.54. The van der Waals surface area contributed by atoms with Crippen molar-refractivity contribution in [2.24, 2.45) is 4.99 Å². The first-order valence-electron chi connectivity index (χ1n) is 10.2. The number of nitrogens with zero attached hydrogens (tertiary/aromatic N) is 2. The number of rotatable bonds is 3. The van der Waals surface area contributed by atoms with Crippen molar-refractivity contribution in [1.82, 2.24) is 5.32 Å². The van der Waals surface area contributed by atoms with Gasteiger partial charge in [-0.3, -0.25) is 4.79 Å². The lowest BCUT2D eigenvalue weighted by Gasteiger charge is -2.21. The predicted molar refractivity (Wildman–Crippen MR) is 119 cm³/mol. The summed E-state index contributed by atoms with van der Waals surface area (Å²) in [4.78, 5) is 31.1. The van der Waals surface area contributed by atoms with Crippen LogP contribution in [-0.4, -0.2) is 30.9 Å². The van der Waals surface area contributed by atoms with Gasteiger partial charge < -0.3 is 15.5 Å². The van der Waals surface area contributed by atoms with Gasteiger partial charge in [-0.2, -0.15) is 13.2 Å². The van der Waals surface area contributed by atoms with Crippen LogP contribution in [0.15, 0.2) is 71.7 Å². The number of nitrogens with one attached hydrogen (secondary N) is 2. The number of benzene rings is 3. The van der Waals surface area contributed by atoms with Crippen LogP contribution in [-0.2, 0) is 11.0 Å². The molecule has 4 rings (SSSR count). The van der Waals surface area contributed by atoms with Crippen LogP contribution >= 0.6 is 0 Å². The number of hydrogen-bond donors (Lipinski definition) is 2. The lowest BCUT2D eigenvalue weighted by Crippen LogP contribution is -2.47. The van der Waals surface area contributed by atoms with Crippen LogP contribution in [0.4, 0.5) is 38.1 Å². The Labute approximate surface area is 196 Å². The second-order valence-corrected chi connectivity index (χ2v) is 7.54. The first-order chi connectivity index (χ1) is 16.6. The molecule has 180 valence electrons. The number of halogens is 5. The van der Waals surface area contributed by atoms with E-state index in [2.05, 4.69) is 10.3 Å². The molecule has 0 aliphatic carbocycles. The molecule has 1 aliphatic rings. The number of fused-ring (bicyclic) bond motifs is 1. The van der Waals surface area contributed by atoms with E-state index in [-0.39, 0.29) is 11.3 Å². The van der Waals surface area contributed by atoms with Gasteiger partial charge in [-0.15, -0.1) is 0 Å². The average molecular weight is 488 g/mol. The zero-order valence-corrected chi connectivity index (χ0v) is 18.0. The van der Waals surface area contributed by atoms with Crippen molar-refractivity contribution in [2.75, 3.05) is 17.3 Å². The molecule has 3 aromatic rings. The number of urea groups is 1. The Morgan fingerprint density at radius 3 is 2.29 bits per heavy atom. The molecule has 1 atom stereocenters. The maximum Gasteiger partial charge on any atom is 0.419 e. The van der Waals surface area contributed by atoms with Crippen LogP contribution in [0.1, 0.15) is 16.7 Å². The lowest BCUT2D eigenvalue weighted by atomic mass is 10.00. The molecule has 0 saturated carbocycles. The van der Waals surface area contributed by atoms with Gasteiger partial charge in [-0.1, -0.05) is 36.4 Å². The number of para-hydroxylation sites is 1. The molecule has 2 N–H and O–H groups in total. The van der Waals surface area contributed by atoms with Gasteiger partial charge in [0.05, 0.1) is 22.6 Å². The highest BCUT2D eigenvalue weighted by atomic mass is 19.4. The van der Waals surface area contributed by atoms with Crippen LogP contribution in [0, 0.1) is 11.6 Å². The van der Waals surface area contributed by atoms with Crippen LogP contribution in [0.25, 0.3) is 0 Å². The second kappa shape index (κ2) is 9.16. The third-order valence-electron chi connectivity index (χ3n) is 5.29. The van der Waals surface area contributed by atoms with Gasteiger partial charge in [-0.05, 0) is 30.3 Å². The van der Waals surface area contributed by atoms with Crippen molar-refractivity contribution in [3.63, 3.8) is 0 Å². The van der Waals surface area contributed by atoms with E-state index in [4.69, 9.17) is 0 Å². The van der Waals surface area contributed by atoms with E-state index >= 15 is 0 Å². The van der Waals surface area contributed by atoms with Gasteiger partial charge >= 0.3 is 12.2 Å². The smallest absolute Gasteiger partial charge is 0.311 e. The molecule has 0 spiro atoms. The number of hydrogen-bond acceptors (Lipinski definition) is 3. The van der Waals surface area contributed by atoms with Crippen molar-refractivity contribution in [2.45, 2.75) is 12.3 Å². The third-order valence-corrected chi connectivity index (χ3v) is 5.29. The van der Waals surface area contributed by atoms with E-state index in [1.54, 1.807) is 30.3 Å². The van der Waals surface area contributed by atoms with Crippen LogP contribution in [0.2, 0.25) is 0 Å². The topological polar surface area (TPSA) is 73.8 Å². The summed E-state index contributed by atoms with van der Waals surface area (Å²) in [7, 11) is 1.43. The number of amides is 3. The summed E-state index contributed by atoms with van der Waals surface area (Å²) >= 11 is 0. The Bertz CT molecular complexity index is 1340. The molecular formula is C24H17F5N4O2. The normalized spacial score (nSPS) is 15.7. The number of aliphatic imine (C=N–C) groups is 1. The number of likely N-dealkylation sites (N-methyl/N-ethyl adjacent to an activating group) is 1. The molecule has 0 saturated heterocycles. The summed E-state index contributed by atoms with van der Waals surface area (Å²) in [5.74, 6) is -3.00. The zero-order valence-electron chi connectivity index (χ0n) is 18.0. The standard InChI is InChI=1S/C24H17F5N4O2/c1-33-18-12-5-3-8-14(18)20(13-7-2-4-10-16(13)25)31-21(22(33)34)32-23(35)30-17-11-6-9-15(19(17)26)24(27,28)29/h2-12,21H,1H3,(H2,30,32,35). The molecule has 6 nitrogen and oxygen atoms in total. The highest BCUT2D eigenvalue weighted by Gasteiger charge is 2.36. The number of anilines is 2. The van der Waals surface area contributed by atoms with Crippen molar-refractivity contribution in [3.05, 3.63) is 95.1 Å². The Balaban J connectivity index is 1.70. The van der Waals surface area contributed by atoms with Gasteiger partial charge in [0.15, 0.2) is 5.82 Å². The van der Waals surface area contributed by atoms with E-state index in [1.165, 1.54) is 30.1 Å². The summed E-state index contributed by atoms with van der Waals surface area (Å²) < 4.78 is 67.9. The van der Waals surface area contributed by atoms with Crippen LogP contribution in [0.3, 0.4) is 0 Å². The number of benzodiazepines with no additional fused rings is 1. The number of carbonyl (C=O) groups is 2. The number of carbonyl (C=O) groups excluding carboxylic acids is 2. The van der Waals surface area contributed by atoms with E-state index in [0.29, 0.717) is 17.3 Å². The monoisotopic (exact) mass is 488 g/mol. The molecule has 0 radical (unpaired) electrons. The van der Waals surface area contributed by atoms with Gasteiger partial charge in [0.25, 0.3) is 5.91 Å². The minimum atomic E-state index is -4.97. The van der Waals surface area contributed by atoms with Gasteiger partial charge in [0, 0.05) is 18.2 Å². The largest absolute Gasteiger partial charge is 0.419 e. The minimum Gasteiger partial charge on any atom is -0.311 e. The van der Waals surface area contributed by atoms with Gasteiger partial charge in [0.2, 0.25) is 6.17 Å². The van der Waals surface area contributed by atoms with Gasteiger partial charge in [-0.25, -0.2) is 18.6 Å². The molecule has 1 heterocycles.